The largest absolute Gasteiger partial charge is 0.490 e. The van der Waals surface area contributed by atoms with Crippen LogP contribution in [0.2, 0.25) is 0 Å². The Kier molecular flexibility index (Phi) is 6.71. The number of carbonyl (C=O) groups is 1. The molecule has 0 radical (unpaired) electrons. The molecule has 0 atom stereocenters. The number of nitrogens with one attached hydrogen (secondary N) is 1. The van der Waals surface area contributed by atoms with Crippen molar-refractivity contribution in [3.63, 3.8) is 0 Å². The molecule has 1 amide bonds. The van der Waals surface area contributed by atoms with Gasteiger partial charge in [-0.05, 0) is 44.9 Å². The predicted octanol–water partition coefficient (Wildman–Crippen LogP) is 2.24. The molecule has 2 rings (SSSR count). The number of piperazine rings is 1. The highest BCUT2D eigenvalue weighted by Crippen LogP contribution is 2.29. The number of amides is 1. The van der Waals surface area contributed by atoms with Gasteiger partial charge in [0.2, 0.25) is 5.91 Å². The van der Waals surface area contributed by atoms with Crippen LogP contribution in [0, 0.1) is 0 Å². The number of carbonyl (C=O) groups excluding carboxylic acids is 1. The molecule has 128 valence electrons. The smallest absolute Gasteiger partial charge is 0.222 e. The topological polar surface area (TPSA) is 50.8 Å². The molecule has 0 aliphatic carbocycles. The maximum absolute atomic E-state index is 12.2. The molecule has 1 aromatic carbocycles. The van der Waals surface area contributed by atoms with Crippen molar-refractivity contribution in [2.45, 2.75) is 39.7 Å². The Morgan fingerprint density at radius 2 is 2.00 bits per heavy atom. The van der Waals surface area contributed by atoms with E-state index in [1.165, 1.54) is 0 Å². The molecular weight excluding hydrogens is 292 g/mol. The van der Waals surface area contributed by atoms with E-state index >= 15 is 0 Å². The van der Waals surface area contributed by atoms with Crippen LogP contribution < -0.4 is 14.8 Å². The summed E-state index contributed by atoms with van der Waals surface area (Å²) in [5, 5.41) is 3.26. The Bertz CT molecular complexity index is 511. The maximum atomic E-state index is 12.2. The first-order valence-corrected chi connectivity index (χ1v) is 8.51. The lowest BCUT2D eigenvalue weighted by Gasteiger charge is -2.27. The van der Waals surface area contributed by atoms with Gasteiger partial charge in [-0.2, -0.15) is 0 Å². The first-order valence-electron chi connectivity index (χ1n) is 8.51. The number of hydrogen-bond acceptors (Lipinski definition) is 4. The lowest BCUT2D eigenvalue weighted by atomic mass is 10.1. The SMILES string of the molecule is CCOc1cc(CCC(=O)N2CCNCC2)ccc1OC(C)C. The molecular formula is C18H28N2O3. The van der Waals surface area contributed by atoms with Gasteiger partial charge in [0, 0.05) is 32.6 Å². The third-order valence-electron chi connectivity index (χ3n) is 3.77. The fourth-order valence-corrected chi connectivity index (χ4v) is 2.65. The first kappa shape index (κ1) is 17.6. The number of nitrogens with zero attached hydrogens (tertiary/aromatic N) is 1. The van der Waals surface area contributed by atoms with Gasteiger partial charge in [-0.15, -0.1) is 0 Å². The van der Waals surface area contributed by atoms with E-state index in [0.717, 1.165) is 49.7 Å². The zero-order chi connectivity index (χ0) is 16.7. The predicted molar refractivity (Wildman–Crippen MR) is 91.1 cm³/mol. The Balaban J connectivity index is 1.96. The third-order valence-corrected chi connectivity index (χ3v) is 3.77. The van der Waals surface area contributed by atoms with Crippen molar-refractivity contribution in [2.24, 2.45) is 0 Å². The van der Waals surface area contributed by atoms with Crippen LogP contribution in [0.4, 0.5) is 0 Å². The molecule has 1 saturated heterocycles. The summed E-state index contributed by atoms with van der Waals surface area (Å²) < 4.78 is 11.4. The highest BCUT2D eigenvalue weighted by Gasteiger charge is 2.16. The summed E-state index contributed by atoms with van der Waals surface area (Å²) in [5.41, 5.74) is 1.10. The number of ether oxygens (including phenoxy) is 2. The van der Waals surface area contributed by atoms with Crippen molar-refractivity contribution in [1.82, 2.24) is 10.2 Å². The first-order chi connectivity index (χ1) is 11.1. The summed E-state index contributed by atoms with van der Waals surface area (Å²) >= 11 is 0. The van der Waals surface area contributed by atoms with E-state index in [4.69, 9.17) is 9.47 Å². The molecule has 0 unspecified atom stereocenters. The molecule has 0 spiro atoms. The summed E-state index contributed by atoms with van der Waals surface area (Å²) in [5.74, 6) is 1.75. The van der Waals surface area contributed by atoms with Crippen molar-refractivity contribution >= 4 is 5.91 Å². The minimum atomic E-state index is 0.106. The fraction of sp³-hybridized carbons (Fsp3) is 0.611. The van der Waals surface area contributed by atoms with E-state index in [9.17, 15) is 4.79 Å². The summed E-state index contributed by atoms with van der Waals surface area (Å²) in [4.78, 5) is 14.2. The van der Waals surface area contributed by atoms with Gasteiger partial charge in [0.25, 0.3) is 0 Å². The highest BCUT2D eigenvalue weighted by atomic mass is 16.5. The lowest BCUT2D eigenvalue weighted by Crippen LogP contribution is -2.46. The van der Waals surface area contributed by atoms with Gasteiger partial charge < -0.3 is 19.7 Å². The maximum Gasteiger partial charge on any atom is 0.222 e. The molecule has 1 heterocycles. The summed E-state index contributed by atoms with van der Waals surface area (Å²) in [6.07, 6.45) is 1.37. The van der Waals surface area contributed by atoms with E-state index in [1.54, 1.807) is 0 Å². The average Bonchev–Trinajstić information content (AvgIpc) is 2.55. The molecule has 1 aliphatic heterocycles. The van der Waals surface area contributed by atoms with Crippen molar-refractivity contribution < 1.29 is 14.3 Å². The van der Waals surface area contributed by atoms with Gasteiger partial charge in [-0.3, -0.25) is 4.79 Å². The normalized spacial score (nSPS) is 14.9. The van der Waals surface area contributed by atoms with Gasteiger partial charge in [-0.1, -0.05) is 6.07 Å². The quantitative estimate of drug-likeness (QED) is 0.837. The highest BCUT2D eigenvalue weighted by molar-refractivity contribution is 5.76. The second-order valence-corrected chi connectivity index (χ2v) is 6.01. The lowest BCUT2D eigenvalue weighted by molar-refractivity contribution is -0.131. The molecule has 1 fully saturated rings. The molecule has 0 saturated carbocycles. The van der Waals surface area contributed by atoms with Gasteiger partial charge in [-0.25, -0.2) is 0 Å². The van der Waals surface area contributed by atoms with E-state index in [-0.39, 0.29) is 12.0 Å². The standard InChI is InChI=1S/C18H28N2O3/c1-4-22-17-13-15(5-7-16(17)23-14(2)3)6-8-18(21)20-11-9-19-10-12-20/h5,7,13-14,19H,4,6,8-12H2,1-3H3. The second kappa shape index (κ2) is 8.77. The van der Waals surface area contributed by atoms with Crippen LogP contribution in [0.3, 0.4) is 0 Å². The van der Waals surface area contributed by atoms with Gasteiger partial charge >= 0.3 is 0 Å². The van der Waals surface area contributed by atoms with Crippen LogP contribution >= 0.6 is 0 Å². The molecule has 0 aromatic heterocycles. The van der Waals surface area contributed by atoms with Crippen LogP contribution in [-0.2, 0) is 11.2 Å². The molecule has 1 aromatic rings. The monoisotopic (exact) mass is 320 g/mol. The number of benzene rings is 1. The fourth-order valence-electron chi connectivity index (χ4n) is 2.65. The Hall–Kier alpha value is -1.75. The Labute approximate surface area is 139 Å². The molecule has 23 heavy (non-hydrogen) atoms. The Morgan fingerprint density at radius 1 is 1.26 bits per heavy atom. The molecule has 1 N–H and O–H groups in total. The van der Waals surface area contributed by atoms with Crippen LogP contribution in [0.15, 0.2) is 18.2 Å². The minimum absolute atomic E-state index is 0.106. The average molecular weight is 320 g/mol. The van der Waals surface area contributed by atoms with E-state index in [0.29, 0.717) is 13.0 Å². The van der Waals surface area contributed by atoms with Crippen LogP contribution in [-0.4, -0.2) is 49.7 Å². The van der Waals surface area contributed by atoms with Crippen LogP contribution in [0.1, 0.15) is 32.8 Å². The minimum Gasteiger partial charge on any atom is -0.490 e. The van der Waals surface area contributed by atoms with Crippen molar-refractivity contribution in [3.8, 4) is 11.5 Å². The summed E-state index contributed by atoms with van der Waals surface area (Å²) in [6.45, 7) is 9.94. The zero-order valence-corrected chi connectivity index (χ0v) is 14.4. The van der Waals surface area contributed by atoms with E-state index < -0.39 is 0 Å². The summed E-state index contributed by atoms with van der Waals surface area (Å²) in [7, 11) is 0. The third kappa shape index (κ3) is 5.43. The molecule has 5 nitrogen and oxygen atoms in total. The number of aryl methyl sites for hydroxylation is 1. The second-order valence-electron chi connectivity index (χ2n) is 6.01. The van der Waals surface area contributed by atoms with Gasteiger partial charge in [0.05, 0.1) is 12.7 Å². The Morgan fingerprint density at radius 3 is 2.65 bits per heavy atom. The van der Waals surface area contributed by atoms with E-state index in [2.05, 4.69) is 5.32 Å². The van der Waals surface area contributed by atoms with Crippen molar-refractivity contribution in [3.05, 3.63) is 23.8 Å². The van der Waals surface area contributed by atoms with Crippen LogP contribution in [0.5, 0.6) is 11.5 Å². The van der Waals surface area contributed by atoms with Crippen molar-refractivity contribution in [2.75, 3.05) is 32.8 Å². The zero-order valence-electron chi connectivity index (χ0n) is 14.4. The number of hydrogen-bond donors (Lipinski definition) is 1. The molecule has 5 heteroatoms. The van der Waals surface area contributed by atoms with Gasteiger partial charge in [0.15, 0.2) is 11.5 Å². The molecule has 1 aliphatic rings. The summed E-state index contributed by atoms with van der Waals surface area (Å²) in [6, 6.07) is 5.95. The molecule has 0 bridgehead atoms. The number of rotatable bonds is 7. The van der Waals surface area contributed by atoms with Crippen molar-refractivity contribution in [1.29, 1.82) is 0 Å². The van der Waals surface area contributed by atoms with Gasteiger partial charge in [0.1, 0.15) is 0 Å². The van der Waals surface area contributed by atoms with Crippen LogP contribution in [0.25, 0.3) is 0 Å². The van der Waals surface area contributed by atoms with E-state index in [1.807, 2.05) is 43.9 Å².